The molecule has 3 nitrogen and oxygen atoms in total. The van der Waals surface area contributed by atoms with Gasteiger partial charge in [0.15, 0.2) is 0 Å². The number of nitrogens with one attached hydrogen (secondary N) is 1. The first-order valence-electron chi connectivity index (χ1n) is 7.27. The lowest BCUT2D eigenvalue weighted by Gasteiger charge is -2.24. The molecule has 1 aromatic rings. The Morgan fingerprint density at radius 3 is 2.79 bits per heavy atom. The first-order valence-corrected chi connectivity index (χ1v) is 7.27. The summed E-state index contributed by atoms with van der Waals surface area (Å²) in [6, 6.07) is 6.91. The molecular weight excluding hydrogens is 234 g/mol. The second kappa shape index (κ2) is 6.20. The Hall–Kier alpha value is -1.35. The van der Waals surface area contributed by atoms with Crippen LogP contribution < -0.4 is 5.73 Å². The van der Waals surface area contributed by atoms with E-state index in [0.29, 0.717) is 0 Å². The summed E-state index contributed by atoms with van der Waals surface area (Å²) in [7, 11) is 0. The molecule has 104 valence electrons. The van der Waals surface area contributed by atoms with E-state index in [-0.39, 0.29) is 11.8 Å². The summed E-state index contributed by atoms with van der Waals surface area (Å²) >= 11 is 0. The van der Waals surface area contributed by atoms with Crippen molar-refractivity contribution >= 4 is 5.84 Å². The van der Waals surface area contributed by atoms with Crippen LogP contribution in [0.15, 0.2) is 18.2 Å². The molecule has 0 fully saturated rings. The van der Waals surface area contributed by atoms with Gasteiger partial charge in [-0.3, -0.25) is 10.3 Å². The van der Waals surface area contributed by atoms with E-state index in [0.717, 1.165) is 19.6 Å². The van der Waals surface area contributed by atoms with Gasteiger partial charge in [0, 0.05) is 19.0 Å². The van der Waals surface area contributed by atoms with Crippen molar-refractivity contribution < 1.29 is 0 Å². The maximum atomic E-state index is 7.50. The lowest BCUT2D eigenvalue weighted by Crippen LogP contribution is -2.34. The summed E-state index contributed by atoms with van der Waals surface area (Å²) in [6.45, 7) is 7.01. The number of hydrogen-bond donors (Lipinski definition) is 2. The van der Waals surface area contributed by atoms with Gasteiger partial charge in [-0.05, 0) is 42.5 Å². The average molecular weight is 259 g/mol. The Labute approximate surface area is 116 Å². The van der Waals surface area contributed by atoms with Gasteiger partial charge in [-0.25, -0.2) is 0 Å². The van der Waals surface area contributed by atoms with E-state index in [4.69, 9.17) is 11.1 Å². The lowest BCUT2D eigenvalue weighted by molar-refractivity contribution is 0.263. The number of hydrogen-bond acceptors (Lipinski definition) is 2. The SMILES string of the molecule is CCN(Cc1ccc2c(c1)CCC2)CC(C)C(=N)N. The number of aryl methyl sites for hydroxylation is 2. The minimum Gasteiger partial charge on any atom is -0.387 e. The van der Waals surface area contributed by atoms with Crippen LogP contribution in [0.5, 0.6) is 0 Å². The molecule has 1 aliphatic carbocycles. The molecule has 0 amide bonds. The number of nitrogens with two attached hydrogens (primary N) is 1. The predicted molar refractivity (Wildman–Crippen MR) is 80.5 cm³/mol. The Morgan fingerprint density at radius 2 is 2.11 bits per heavy atom. The number of rotatable bonds is 6. The van der Waals surface area contributed by atoms with Gasteiger partial charge in [0.1, 0.15) is 0 Å². The molecule has 1 atom stereocenters. The molecule has 3 N–H and O–H groups in total. The summed E-state index contributed by atoms with van der Waals surface area (Å²) in [5, 5.41) is 7.50. The van der Waals surface area contributed by atoms with E-state index in [1.807, 2.05) is 6.92 Å². The highest BCUT2D eigenvalue weighted by Crippen LogP contribution is 2.23. The van der Waals surface area contributed by atoms with Crippen molar-refractivity contribution in [3.63, 3.8) is 0 Å². The van der Waals surface area contributed by atoms with Crippen LogP contribution in [-0.2, 0) is 19.4 Å². The van der Waals surface area contributed by atoms with Gasteiger partial charge < -0.3 is 5.73 Å². The fraction of sp³-hybridized carbons (Fsp3) is 0.562. The predicted octanol–water partition coefficient (Wildman–Crippen LogP) is 2.57. The first kappa shape index (κ1) is 14.1. The Bertz CT molecular complexity index is 453. The van der Waals surface area contributed by atoms with Gasteiger partial charge >= 0.3 is 0 Å². The molecule has 0 radical (unpaired) electrons. The van der Waals surface area contributed by atoms with Crippen molar-refractivity contribution in [2.45, 2.75) is 39.7 Å². The van der Waals surface area contributed by atoms with Crippen LogP contribution in [0.4, 0.5) is 0 Å². The van der Waals surface area contributed by atoms with Gasteiger partial charge in [0.25, 0.3) is 0 Å². The highest BCUT2D eigenvalue weighted by atomic mass is 15.1. The molecule has 1 aromatic carbocycles. The third-order valence-corrected chi connectivity index (χ3v) is 4.08. The molecule has 0 aromatic heterocycles. The number of benzene rings is 1. The third kappa shape index (κ3) is 3.57. The van der Waals surface area contributed by atoms with Crippen molar-refractivity contribution in [1.82, 2.24) is 4.90 Å². The fourth-order valence-electron chi connectivity index (χ4n) is 2.77. The van der Waals surface area contributed by atoms with Crippen LogP contribution in [0.1, 0.15) is 37.0 Å². The number of fused-ring (bicyclic) bond motifs is 1. The van der Waals surface area contributed by atoms with Crippen molar-refractivity contribution in [2.24, 2.45) is 11.7 Å². The lowest BCUT2D eigenvalue weighted by atomic mass is 10.1. The van der Waals surface area contributed by atoms with Gasteiger partial charge in [-0.2, -0.15) is 0 Å². The van der Waals surface area contributed by atoms with Crippen molar-refractivity contribution in [2.75, 3.05) is 13.1 Å². The molecule has 2 rings (SSSR count). The maximum absolute atomic E-state index is 7.50. The molecule has 0 saturated carbocycles. The van der Waals surface area contributed by atoms with Crippen LogP contribution >= 0.6 is 0 Å². The van der Waals surface area contributed by atoms with E-state index in [1.54, 1.807) is 0 Å². The van der Waals surface area contributed by atoms with Crippen LogP contribution in [0.3, 0.4) is 0 Å². The van der Waals surface area contributed by atoms with E-state index < -0.39 is 0 Å². The summed E-state index contributed by atoms with van der Waals surface area (Å²) in [6.07, 6.45) is 3.78. The van der Waals surface area contributed by atoms with Crippen LogP contribution in [0.25, 0.3) is 0 Å². The number of nitrogens with zero attached hydrogens (tertiary/aromatic N) is 1. The van der Waals surface area contributed by atoms with Gasteiger partial charge in [0.2, 0.25) is 0 Å². The molecule has 0 saturated heterocycles. The highest BCUT2D eigenvalue weighted by molar-refractivity contribution is 5.79. The van der Waals surface area contributed by atoms with Gasteiger partial charge in [-0.1, -0.05) is 32.0 Å². The van der Waals surface area contributed by atoms with Crippen molar-refractivity contribution in [3.05, 3.63) is 34.9 Å². The van der Waals surface area contributed by atoms with Gasteiger partial charge in [-0.15, -0.1) is 0 Å². The summed E-state index contributed by atoms with van der Waals surface area (Å²) in [5.41, 5.74) is 10.0. The first-order chi connectivity index (χ1) is 9.10. The molecule has 0 aliphatic heterocycles. The topological polar surface area (TPSA) is 53.1 Å². The maximum Gasteiger partial charge on any atom is 0.0947 e. The second-order valence-corrected chi connectivity index (χ2v) is 5.64. The minimum absolute atomic E-state index is 0.134. The zero-order valence-corrected chi connectivity index (χ0v) is 12.1. The smallest absolute Gasteiger partial charge is 0.0947 e. The molecule has 0 heterocycles. The largest absolute Gasteiger partial charge is 0.387 e. The van der Waals surface area contributed by atoms with Crippen LogP contribution in [0, 0.1) is 11.3 Å². The van der Waals surface area contributed by atoms with Crippen LogP contribution in [0.2, 0.25) is 0 Å². The fourth-order valence-corrected chi connectivity index (χ4v) is 2.77. The minimum atomic E-state index is 0.134. The highest BCUT2D eigenvalue weighted by Gasteiger charge is 2.14. The van der Waals surface area contributed by atoms with E-state index in [9.17, 15) is 0 Å². The summed E-state index contributed by atoms with van der Waals surface area (Å²) in [5.74, 6) is 0.418. The van der Waals surface area contributed by atoms with Crippen LogP contribution in [-0.4, -0.2) is 23.8 Å². The zero-order valence-electron chi connectivity index (χ0n) is 12.1. The molecule has 3 heteroatoms. The quantitative estimate of drug-likeness (QED) is 0.609. The van der Waals surface area contributed by atoms with Crippen molar-refractivity contribution in [1.29, 1.82) is 5.41 Å². The van der Waals surface area contributed by atoms with E-state index in [1.165, 1.54) is 36.0 Å². The Kier molecular flexibility index (Phi) is 4.59. The van der Waals surface area contributed by atoms with Gasteiger partial charge in [0.05, 0.1) is 5.84 Å². The Balaban J connectivity index is 2.00. The monoisotopic (exact) mass is 259 g/mol. The number of amidine groups is 1. The second-order valence-electron chi connectivity index (χ2n) is 5.64. The zero-order chi connectivity index (χ0) is 13.8. The summed E-state index contributed by atoms with van der Waals surface area (Å²) < 4.78 is 0. The molecule has 0 spiro atoms. The molecule has 19 heavy (non-hydrogen) atoms. The standard InChI is InChI=1S/C16H25N3/c1-3-19(10-12(2)16(17)18)11-13-7-8-14-5-4-6-15(14)9-13/h7-9,12H,3-6,10-11H2,1-2H3,(H3,17,18). The van der Waals surface area contributed by atoms with E-state index >= 15 is 0 Å². The Morgan fingerprint density at radius 1 is 1.37 bits per heavy atom. The van der Waals surface area contributed by atoms with E-state index in [2.05, 4.69) is 30.0 Å². The normalized spacial score (nSPS) is 15.5. The molecule has 1 aliphatic rings. The summed E-state index contributed by atoms with van der Waals surface area (Å²) in [4.78, 5) is 2.36. The average Bonchev–Trinajstić information content (AvgIpc) is 2.85. The molecule has 0 bridgehead atoms. The molecule has 1 unspecified atom stereocenters. The molecular formula is C16H25N3. The third-order valence-electron chi connectivity index (χ3n) is 4.08. The van der Waals surface area contributed by atoms with Crippen molar-refractivity contribution in [3.8, 4) is 0 Å².